The summed E-state index contributed by atoms with van der Waals surface area (Å²) in [5.74, 6) is -2.06. The number of imide groups is 1. The number of benzene rings is 1. The maximum Gasteiger partial charge on any atom is 0.328 e. The molecule has 19 heavy (non-hydrogen) atoms. The number of anilines is 1. The molecule has 0 aromatic heterocycles. The van der Waals surface area contributed by atoms with Gasteiger partial charge in [-0.1, -0.05) is 12.1 Å². The second-order valence-electron chi connectivity index (χ2n) is 3.86. The molecule has 6 nitrogen and oxygen atoms in total. The van der Waals surface area contributed by atoms with Gasteiger partial charge in [0.2, 0.25) is 0 Å². The van der Waals surface area contributed by atoms with Crippen molar-refractivity contribution >= 4 is 23.6 Å². The number of carboxylic acid groups (broad SMARTS) is 1. The number of hydrogen-bond donors (Lipinski definition) is 3. The predicted octanol–water partition coefficient (Wildman–Crippen LogP) is 1.59. The van der Waals surface area contributed by atoms with Gasteiger partial charge in [-0.25, -0.2) is 9.59 Å². The molecule has 0 atom stereocenters. The zero-order valence-electron chi connectivity index (χ0n) is 10.6. The summed E-state index contributed by atoms with van der Waals surface area (Å²) in [5.41, 5.74) is 2.49. The second kappa shape index (κ2) is 6.34. The maximum absolute atomic E-state index is 11.5. The first kappa shape index (κ1) is 14.4. The van der Waals surface area contributed by atoms with Crippen molar-refractivity contribution < 1.29 is 19.5 Å². The van der Waals surface area contributed by atoms with Gasteiger partial charge < -0.3 is 10.4 Å². The van der Waals surface area contributed by atoms with Crippen LogP contribution in [-0.2, 0) is 9.59 Å². The van der Waals surface area contributed by atoms with Gasteiger partial charge in [0.1, 0.15) is 0 Å². The van der Waals surface area contributed by atoms with Gasteiger partial charge in [0.25, 0.3) is 5.91 Å². The molecule has 0 saturated heterocycles. The van der Waals surface area contributed by atoms with E-state index in [1.165, 1.54) is 0 Å². The molecule has 0 heterocycles. The van der Waals surface area contributed by atoms with Crippen LogP contribution in [0.1, 0.15) is 11.1 Å². The van der Waals surface area contributed by atoms with Crippen molar-refractivity contribution in [2.45, 2.75) is 13.8 Å². The van der Waals surface area contributed by atoms with Crippen LogP contribution in [0.3, 0.4) is 0 Å². The fraction of sp³-hybridized carbons (Fsp3) is 0.154. The molecule has 1 rings (SSSR count). The SMILES string of the molecule is Cc1cccc(NC(=O)NC(=O)/C=C/C(=O)O)c1C. The number of aryl methyl sites for hydroxylation is 1. The highest BCUT2D eigenvalue weighted by Gasteiger charge is 2.07. The molecule has 0 unspecified atom stereocenters. The van der Waals surface area contributed by atoms with Crippen LogP contribution in [0.4, 0.5) is 10.5 Å². The molecule has 6 heteroatoms. The Bertz CT molecular complexity index is 550. The molecular weight excluding hydrogens is 248 g/mol. The summed E-state index contributed by atoms with van der Waals surface area (Å²) in [7, 11) is 0. The van der Waals surface area contributed by atoms with Crippen LogP contribution in [0, 0.1) is 13.8 Å². The third-order valence-electron chi connectivity index (χ3n) is 2.47. The highest BCUT2D eigenvalue weighted by molar-refractivity contribution is 6.06. The number of hydrogen-bond acceptors (Lipinski definition) is 3. The molecule has 1 aromatic carbocycles. The molecular formula is C13H14N2O4. The van der Waals surface area contributed by atoms with Crippen molar-refractivity contribution in [3.8, 4) is 0 Å². The van der Waals surface area contributed by atoms with Gasteiger partial charge in [0.15, 0.2) is 0 Å². The van der Waals surface area contributed by atoms with E-state index in [-0.39, 0.29) is 0 Å². The Morgan fingerprint density at radius 3 is 2.47 bits per heavy atom. The number of carbonyl (C=O) groups excluding carboxylic acids is 2. The average molecular weight is 262 g/mol. The molecule has 1 aromatic rings. The number of rotatable bonds is 3. The van der Waals surface area contributed by atoms with Gasteiger partial charge >= 0.3 is 12.0 Å². The first-order chi connectivity index (χ1) is 8.90. The van der Waals surface area contributed by atoms with Crippen LogP contribution < -0.4 is 10.6 Å². The first-order valence-electron chi connectivity index (χ1n) is 5.49. The summed E-state index contributed by atoms with van der Waals surface area (Å²) in [6.07, 6.45) is 1.42. The van der Waals surface area contributed by atoms with Crippen molar-refractivity contribution in [3.63, 3.8) is 0 Å². The standard InChI is InChI=1S/C13H14N2O4/c1-8-4-3-5-10(9(8)2)14-13(19)15-11(16)6-7-12(17)18/h3-7H,1-2H3,(H,17,18)(H2,14,15,16,19)/b7-6+. The van der Waals surface area contributed by atoms with Crippen LogP contribution >= 0.6 is 0 Å². The average Bonchev–Trinajstić information content (AvgIpc) is 2.32. The van der Waals surface area contributed by atoms with Crippen LogP contribution in [0.25, 0.3) is 0 Å². The summed E-state index contributed by atoms with van der Waals surface area (Å²) in [6, 6.07) is 4.68. The maximum atomic E-state index is 11.5. The molecule has 0 spiro atoms. The summed E-state index contributed by atoms with van der Waals surface area (Å²) < 4.78 is 0. The van der Waals surface area contributed by atoms with E-state index in [1.54, 1.807) is 12.1 Å². The molecule has 0 aliphatic carbocycles. The zero-order valence-corrected chi connectivity index (χ0v) is 10.6. The lowest BCUT2D eigenvalue weighted by molar-refractivity contribution is -0.131. The number of urea groups is 1. The highest BCUT2D eigenvalue weighted by atomic mass is 16.4. The monoisotopic (exact) mass is 262 g/mol. The Labute approximate surface area is 110 Å². The Morgan fingerprint density at radius 1 is 1.16 bits per heavy atom. The first-order valence-corrected chi connectivity index (χ1v) is 5.49. The molecule has 0 bridgehead atoms. The van der Waals surface area contributed by atoms with E-state index in [2.05, 4.69) is 5.32 Å². The molecule has 0 fully saturated rings. The Morgan fingerprint density at radius 2 is 1.84 bits per heavy atom. The van der Waals surface area contributed by atoms with E-state index in [4.69, 9.17) is 5.11 Å². The van der Waals surface area contributed by atoms with Gasteiger partial charge in [0.05, 0.1) is 0 Å². The number of amides is 3. The largest absolute Gasteiger partial charge is 0.478 e. The van der Waals surface area contributed by atoms with Crippen LogP contribution in [-0.4, -0.2) is 23.0 Å². The van der Waals surface area contributed by atoms with Crippen LogP contribution in [0.5, 0.6) is 0 Å². The molecule has 0 aliphatic rings. The fourth-order valence-corrected chi connectivity index (χ4v) is 1.34. The molecule has 100 valence electrons. The number of aliphatic carboxylic acids is 1. The third-order valence-corrected chi connectivity index (χ3v) is 2.47. The number of nitrogens with one attached hydrogen (secondary N) is 2. The summed E-state index contributed by atoms with van der Waals surface area (Å²) >= 11 is 0. The van der Waals surface area contributed by atoms with Gasteiger partial charge in [-0.3, -0.25) is 10.1 Å². The normalized spacial score (nSPS) is 10.2. The molecule has 0 saturated carbocycles. The van der Waals surface area contributed by atoms with Crippen molar-refractivity contribution in [3.05, 3.63) is 41.5 Å². The smallest absolute Gasteiger partial charge is 0.328 e. The minimum Gasteiger partial charge on any atom is -0.478 e. The summed E-state index contributed by atoms with van der Waals surface area (Å²) in [5, 5.41) is 12.8. The van der Waals surface area contributed by atoms with Crippen LogP contribution in [0.2, 0.25) is 0 Å². The van der Waals surface area contributed by atoms with E-state index < -0.39 is 17.9 Å². The third kappa shape index (κ3) is 4.63. The molecule has 3 amide bonds. The summed E-state index contributed by atoms with van der Waals surface area (Å²) in [4.78, 5) is 32.9. The number of carboxylic acids is 1. The molecule has 0 aliphatic heterocycles. The van der Waals surface area contributed by atoms with Crippen LogP contribution in [0.15, 0.2) is 30.4 Å². The Hall–Kier alpha value is -2.63. The highest BCUT2D eigenvalue weighted by Crippen LogP contribution is 2.17. The fourth-order valence-electron chi connectivity index (χ4n) is 1.34. The Balaban J connectivity index is 2.63. The van der Waals surface area contributed by atoms with E-state index in [0.29, 0.717) is 11.8 Å². The van der Waals surface area contributed by atoms with Gasteiger partial charge in [0, 0.05) is 17.8 Å². The van der Waals surface area contributed by atoms with Crippen molar-refractivity contribution in [2.24, 2.45) is 0 Å². The lowest BCUT2D eigenvalue weighted by Crippen LogP contribution is -2.33. The predicted molar refractivity (Wildman–Crippen MR) is 69.9 cm³/mol. The molecule has 3 N–H and O–H groups in total. The van der Waals surface area contributed by atoms with Crippen molar-refractivity contribution in [1.29, 1.82) is 0 Å². The van der Waals surface area contributed by atoms with Gasteiger partial charge in [-0.2, -0.15) is 0 Å². The topological polar surface area (TPSA) is 95.5 Å². The van der Waals surface area contributed by atoms with Gasteiger partial charge in [-0.05, 0) is 31.0 Å². The quantitative estimate of drug-likeness (QED) is 0.721. The van der Waals surface area contributed by atoms with Gasteiger partial charge in [-0.15, -0.1) is 0 Å². The minimum absolute atomic E-state index is 0.590. The van der Waals surface area contributed by atoms with Crippen molar-refractivity contribution in [1.82, 2.24) is 5.32 Å². The minimum atomic E-state index is -1.26. The lowest BCUT2D eigenvalue weighted by atomic mass is 10.1. The Kier molecular flexibility index (Phi) is 4.82. The lowest BCUT2D eigenvalue weighted by Gasteiger charge is -2.09. The second-order valence-corrected chi connectivity index (χ2v) is 3.86. The van der Waals surface area contributed by atoms with E-state index in [1.807, 2.05) is 25.2 Å². The van der Waals surface area contributed by atoms with Crippen molar-refractivity contribution in [2.75, 3.05) is 5.32 Å². The van der Waals surface area contributed by atoms with E-state index in [9.17, 15) is 14.4 Å². The zero-order chi connectivity index (χ0) is 14.4. The summed E-state index contributed by atoms with van der Waals surface area (Å²) in [6.45, 7) is 3.75. The van der Waals surface area contributed by atoms with E-state index in [0.717, 1.165) is 17.2 Å². The van der Waals surface area contributed by atoms with E-state index >= 15 is 0 Å². The molecule has 0 radical (unpaired) electrons. The number of carbonyl (C=O) groups is 3.